The van der Waals surface area contributed by atoms with E-state index in [1.807, 2.05) is 55.6 Å². The third-order valence-corrected chi connectivity index (χ3v) is 2.05. The molecule has 2 rings (SSSR count). The number of pyridine rings is 1. The first kappa shape index (κ1) is 9.59. The van der Waals surface area contributed by atoms with Crippen LogP contribution in [0.1, 0.15) is 11.1 Å². The molecule has 15 heavy (non-hydrogen) atoms. The van der Waals surface area contributed by atoms with Gasteiger partial charge in [0.2, 0.25) is 0 Å². The lowest BCUT2D eigenvalue weighted by Gasteiger charge is -1.94. The third kappa shape index (κ3) is 2.74. The summed E-state index contributed by atoms with van der Waals surface area (Å²) in [4.78, 5) is 8.46. The van der Waals surface area contributed by atoms with Crippen LogP contribution >= 0.6 is 0 Å². The van der Waals surface area contributed by atoms with Crippen LogP contribution in [0.5, 0.6) is 0 Å². The lowest BCUT2D eigenvalue weighted by Crippen LogP contribution is -1.80. The van der Waals surface area contributed by atoms with Crippen LogP contribution in [0.2, 0.25) is 0 Å². The van der Waals surface area contributed by atoms with Gasteiger partial charge in [0.1, 0.15) is 0 Å². The van der Waals surface area contributed by atoms with Crippen LogP contribution in [0, 0.1) is 6.92 Å². The number of benzene rings is 1. The van der Waals surface area contributed by atoms with E-state index in [4.69, 9.17) is 0 Å². The monoisotopic (exact) mass is 196 g/mol. The summed E-state index contributed by atoms with van der Waals surface area (Å²) in [6, 6.07) is 13.9. The number of nitrogens with zero attached hydrogens (tertiary/aromatic N) is 2. The standard InChI is InChI=1S/C13H12N2/c1-11-7-8-14-13(9-11)15-10-12-5-3-2-4-6-12/h2-10H,1H3. The average molecular weight is 196 g/mol. The molecule has 0 amide bonds. The maximum absolute atomic E-state index is 4.30. The number of aryl methyl sites for hydroxylation is 1. The average Bonchev–Trinajstić information content (AvgIpc) is 2.28. The zero-order valence-electron chi connectivity index (χ0n) is 8.59. The first-order chi connectivity index (χ1) is 7.34. The fraction of sp³-hybridized carbons (Fsp3) is 0.0769. The van der Waals surface area contributed by atoms with Gasteiger partial charge in [0.15, 0.2) is 5.82 Å². The van der Waals surface area contributed by atoms with Crippen molar-refractivity contribution in [3.8, 4) is 0 Å². The highest BCUT2D eigenvalue weighted by Gasteiger charge is 1.90. The molecule has 1 aromatic carbocycles. The van der Waals surface area contributed by atoms with Gasteiger partial charge in [0.05, 0.1) is 0 Å². The molecular formula is C13H12N2. The minimum atomic E-state index is 0.749. The Morgan fingerprint density at radius 3 is 2.67 bits per heavy atom. The molecule has 0 radical (unpaired) electrons. The quantitative estimate of drug-likeness (QED) is 0.677. The van der Waals surface area contributed by atoms with Gasteiger partial charge < -0.3 is 0 Å². The second-order valence-corrected chi connectivity index (χ2v) is 3.36. The van der Waals surface area contributed by atoms with Gasteiger partial charge in [-0.25, -0.2) is 9.98 Å². The summed E-state index contributed by atoms with van der Waals surface area (Å²) in [7, 11) is 0. The fourth-order valence-corrected chi connectivity index (χ4v) is 1.27. The third-order valence-electron chi connectivity index (χ3n) is 2.05. The van der Waals surface area contributed by atoms with Gasteiger partial charge in [-0.2, -0.15) is 0 Å². The highest BCUT2D eigenvalue weighted by molar-refractivity contribution is 5.81. The molecular weight excluding hydrogens is 184 g/mol. The maximum atomic E-state index is 4.30. The van der Waals surface area contributed by atoms with Crippen LogP contribution in [0.4, 0.5) is 5.82 Å². The Morgan fingerprint density at radius 1 is 1.13 bits per heavy atom. The molecule has 2 nitrogen and oxygen atoms in total. The summed E-state index contributed by atoms with van der Waals surface area (Å²) >= 11 is 0. The Hall–Kier alpha value is -1.96. The fourth-order valence-electron chi connectivity index (χ4n) is 1.27. The largest absolute Gasteiger partial charge is 0.237 e. The molecule has 0 saturated heterocycles. The van der Waals surface area contributed by atoms with Gasteiger partial charge in [-0.05, 0) is 30.2 Å². The Balaban J connectivity index is 2.19. The molecule has 0 aliphatic heterocycles. The van der Waals surface area contributed by atoms with Gasteiger partial charge in [0.25, 0.3) is 0 Å². The summed E-state index contributed by atoms with van der Waals surface area (Å²) in [6.45, 7) is 2.03. The highest BCUT2D eigenvalue weighted by atomic mass is 14.9. The van der Waals surface area contributed by atoms with E-state index in [0.717, 1.165) is 11.4 Å². The van der Waals surface area contributed by atoms with Crippen LogP contribution in [-0.2, 0) is 0 Å². The number of hydrogen-bond acceptors (Lipinski definition) is 2. The van der Waals surface area contributed by atoms with E-state index in [2.05, 4.69) is 9.98 Å². The molecule has 0 bridgehead atoms. The van der Waals surface area contributed by atoms with Crippen molar-refractivity contribution in [2.45, 2.75) is 6.92 Å². The first-order valence-electron chi connectivity index (χ1n) is 4.86. The number of rotatable bonds is 2. The molecule has 2 aromatic rings. The molecule has 0 N–H and O–H groups in total. The molecule has 0 aliphatic carbocycles. The Kier molecular flexibility index (Phi) is 2.88. The van der Waals surface area contributed by atoms with Crippen LogP contribution in [0.3, 0.4) is 0 Å². The SMILES string of the molecule is Cc1ccnc(N=Cc2ccccc2)c1. The van der Waals surface area contributed by atoms with Crippen LogP contribution in [-0.4, -0.2) is 11.2 Å². The van der Waals surface area contributed by atoms with E-state index in [9.17, 15) is 0 Å². The normalized spacial score (nSPS) is 10.7. The lowest BCUT2D eigenvalue weighted by molar-refractivity contribution is 1.25. The van der Waals surface area contributed by atoms with E-state index < -0.39 is 0 Å². The van der Waals surface area contributed by atoms with Crippen molar-refractivity contribution >= 4 is 12.0 Å². The lowest BCUT2D eigenvalue weighted by atomic mass is 10.2. The highest BCUT2D eigenvalue weighted by Crippen LogP contribution is 2.09. The molecule has 0 unspecified atom stereocenters. The second-order valence-electron chi connectivity index (χ2n) is 3.36. The van der Waals surface area contributed by atoms with Gasteiger partial charge in [0, 0.05) is 12.4 Å². The molecule has 0 fully saturated rings. The molecule has 0 atom stereocenters. The summed E-state index contributed by atoms with van der Waals surface area (Å²) in [5, 5.41) is 0. The van der Waals surface area contributed by atoms with Crippen molar-refractivity contribution in [2.24, 2.45) is 4.99 Å². The molecule has 2 heteroatoms. The number of aliphatic imine (C=N–C) groups is 1. The summed E-state index contributed by atoms with van der Waals surface area (Å²) < 4.78 is 0. The van der Waals surface area contributed by atoms with Crippen LogP contribution in [0.15, 0.2) is 53.7 Å². The molecule has 0 saturated carbocycles. The van der Waals surface area contributed by atoms with Crippen molar-refractivity contribution in [1.29, 1.82) is 0 Å². The number of aromatic nitrogens is 1. The van der Waals surface area contributed by atoms with E-state index in [1.54, 1.807) is 6.20 Å². The summed E-state index contributed by atoms with van der Waals surface area (Å²) in [6.07, 6.45) is 3.59. The van der Waals surface area contributed by atoms with Crippen molar-refractivity contribution in [3.63, 3.8) is 0 Å². The van der Waals surface area contributed by atoms with Gasteiger partial charge >= 0.3 is 0 Å². The van der Waals surface area contributed by atoms with Crippen LogP contribution in [0.25, 0.3) is 0 Å². The Bertz CT molecular complexity index is 461. The zero-order chi connectivity index (χ0) is 10.5. The van der Waals surface area contributed by atoms with Gasteiger partial charge in [-0.15, -0.1) is 0 Å². The Morgan fingerprint density at radius 2 is 1.93 bits per heavy atom. The van der Waals surface area contributed by atoms with Gasteiger partial charge in [-0.3, -0.25) is 0 Å². The Labute approximate surface area is 89.3 Å². The minimum Gasteiger partial charge on any atom is -0.237 e. The molecule has 1 heterocycles. The van der Waals surface area contributed by atoms with E-state index in [1.165, 1.54) is 5.56 Å². The molecule has 74 valence electrons. The van der Waals surface area contributed by atoms with Gasteiger partial charge in [-0.1, -0.05) is 30.3 Å². The maximum Gasteiger partial charge on any atom is 0.151 e. The van der Waals surface area contributed by atoms with Crippen molar-refractivity contribution in [2.75, 3.05) is 0 Å². The van der Waals surface area contributed by atoms with Crippen LogP contribution < -0.4 is 0 Å². The molecule has 1 aromatic heterocycles. The summed E-state index contributed by atoms with van der Waals surface area (Å²) in [5.74, 6) is 0.749. The predicted molar refractivity (Wildman–Crippen MR) is 62.7 cm³/mol. The van der Waals surface area contributed by atoms with E-state index in [0.29, 0.717) is 0 Å². The molecule has 0 spiro atoms. The smallest absolute Gasteiger partial charge is 0.151 e. The van der Waals surface area contributed by atoms with Crippen molar-refractivity contribution < 1.29 is 0 Å². The molecule has 0 aliphatic rings. The van der Waals surface area contributed by atoms with Crippen molar-refractivity contribution in [1.82, 2.24) is 4.98 Å². The van der Waals surface area contributed by atoms with E-state index in [-0.39, 0.29) is 0 Å². The van der Waals surface area contributed by atoms with E-state index >= 15 is 0 Å². The number of hydrogen-bond donors (Lipinski definition) is 0. The second kappa shape index (κ2) is 4.51. The predicted octanol–water partition coefficient (Wildman–Crippen LogP) is 3.14. The van der Waals surface area contributed by atoms with Crippen molar-refractivity contribution in [3.05, 3.63) is 59.8 Å². The summed E-state index contributed by atoms with van der Waals surface area (Å²) in [5.41, 5.74) is 2.26. The first-order valence-corrected chi connectivity index (χ1v) is 4.86. The minimum absolute atomic E-state index is 0.749. The topological polar surface area (TPSA) is 25.2 Å². The zero-order valence-corrected chi connectivity index (χ0v) is 8.59.